The Kier molecular flexibility index (Phi) is 3.85. The van der Waals surface area contributed by atoms with Crippen molar-refractivity contribution in [3.8, 4) is 28.7 Å². The highest BCUT2D eigenvalue weighted by Crippen LogP contribution is 2.43. The van der Waals surface area contributed by atoms with Crippen LogP contribution >= 0.6 is 0 Å². The number of rotatable bonds is 5. The predicted molar refractivity (Wildman–Crippen MR) is 104 cm³/mol. The normalized spacial score (nSPS) is 21.2. The first-order valence-electron chi connectivity index (χ1n) is 9.23. The number of hydrogen-bond acceptors (Lipinski definition) is 7. The van der Waals surface area contributed by atoms with Gasteiger partial charge in [0.2, 0.25) is 0 Å². The van der Waals surface area contributed by atoms with Gasteiger partial charge in [-0.15, -0.1) is 0 Å². The summed E-state index contributed by atoms with van der Waals surface area (Å²) in [6.45, 7) is 0. The fraction of sp³-hybridized carbons (Fsp3) is 0.316. The third kappa shape index (κ3) is 2.75. The van der Waals surface area contributed by atoms with Crippen LogP contribution in [-0.2, 0) is 10.3 Å². The molecule has 0 spiro atoms. The fourth-order valence-corrected chi connectivity index (χ4v) is 3.96. The summed E-state index contributed by atoms with van der Waals surface area (Å²) in [5.74, 6) is 0.396. The Morgan fingerprint density at radius 3 is 2.97 bits per heavy atom. The molecular weight excluding hydrogens is 370 g/mol. The number of methoxy groups -OCH3 is 1. The van der Waals surface area contributed by atoms with Crippen LogP contribution in [0.3, 0.4) is 0 Å². The molecule has 1 aliphatic rings. The fourth-order valence-electron chi connectivity index (χ4n) is 3.96. The first-order chi connectivity index (χ1) is 14.1. The topological polar surface area (TPSA) is 136 Å². The van der Waals surface area contributed by atoms with E-state index in [2.05, 4.69) is 26.5 Å². The number of aromatic nitrogens is 7. The Balaban J connectivity index is 1.58. The summed E-state index contributed by atoms with van der Waals surface area (Å²) >= 11 is 0. The second kappa shape index (κ2) is 6.42. The number of nitrogen functional groups attached to an aromatic ring is 1. The molecule has 0 unspecified atom stereocenters. The third-order valence-electron chi connectivity index (χ3n) is 5.56. The largest absolute Gasteiger partial charge is 0.382 e. The van der Waals surface area contributed by atoms with Crippen LogP contribution in [0.2, 0.25) is 0 Å². The average Bonchev–Trinajstić information content (AvgIpc) is 3.43. The SMILES string of the molecule is COC1CC(CC#N)(n2cc(-c3nc(-c4cc(N)n[nH]4)cn4nccc34)cn2)C1. The van der Waals surface area contributed by atoms with Crippen LogP contribution in [0.1, 0.15) is 19.3 Å². The average molecular weight is 389 g/mol. The van der Waals surface area contributed by atoms with E-state index in [0.29, 0.717) is 23.6 Å². The molecular formula is C19H19N9O. The van der Waals surface area contributed by atoms with Crippen LogP contribution in [0.25, 0.3) is 28.2 Å². The molecule has 4 aromatic heterocycles. The molecule has 1 fully saturated rings. The van der Waals surface area contributed by atoms with Gasteiger partial charge in [-0.25, -0.2) is 9.50 Å². The van der Waals surface area contributed by atoms with E-state index < -0.39 is 0 Å². The van der Waals surface area contributed by atoms with Crippen molar-refractivity contribution in [1.29, 1.82) is 5.26 Å². The second-order valence-electron chi connectivity index (χ2n) is 7.34. The van der Waals surface area contributed by atoms with E-state index in [4.69, 9.17) is 15.5 Å². The molecule has 5 rings (SSSR count). The molecule has 1 saturated carbocycles. The minimum Gasteiger partial charge on any atom is -0.382 e. The molecule has 0 atom stereocenters. The molecule has 29 heavy (non-hydrogen) atoms. The van der Waals surface area contributed by atoms with Crippen molar-refractivity contribution in [2.75, 3.05) is 12.8 Å². The summed E-state index contributed by atoms with van der Waals surface area (Å²) in [5, 5.41) is 25.1. The molecule has 10 nitrogen and oxygen atoms in total. The third-order valence-corrected chi connectivity index (χ3v) is 5.56. The lowest BCUT2D eigenvalue weighted by Crippen LogP contribution is -2.50. The first kappa shape index (κ1) is 17.4. The van der Waals surface area contributed by atoms with Crippen molar-refractivity contribution in [1.82, 2.24) is 34.6 Å². The molecule has 3 N–H and O–H groups in total. The number of hydrogen-bond donors (Lipinski definition) is 2. The van der Waals surface area contributed by atoms with Gasteiger partial charge in [-0.1, -0.05) is 0 Å². The van der Waals surface area contributed by atoms with E-state index >= 15 is 0 Å². The number of anilines is 1. The van der Waals surface area contributed by atoms with Crippen LogP contribution in [-0.4, -0.2) is 47.8 Å². The molecule has 0 amide bonds. The maximum atomic E-state index is 9.31. The maximum Gasteiger partial charge on any atom is 0.145 e. The van der Waals surface area contributed by atoms with E-state index in [-0.39, 0.29) is 11.6 Å². The standard InChI is InChI=1S/C19H19N9O/c1-29-13-7-19(8-13,3-4-20)28-10-12(9-23-28)18-16-2-5-22-27(16)11-15(24-18)14-6-17(21)26-25-14/h2,5-6,9-11,13H,3,7-8H2,1H3,(H3,21,25,26). The number of aromatic amines is 1. The Labute approximate surface area is 165 Å². The zero-order valence-electron chi connectivity index (χ0n) is 15.8. The zero-order valence-corrected chi connectivity index (χ0v) is 15.8. The molecule has 10 heteroatoms. The zero-order chi connectivity index (χ0) is 20.0. The number of fused-ring (bicyclic) bond motifs is 1. The highest BCUT2D eigenvalue weighted by atomic mass is 16.5. The lowest BCUT2D eigenvalue weighted by Gasteiger charge is -2.45. The molecule has 0 radical (unpaired) electrons. The quantitative estimate of drug-likeness (QED) is 0.532. The number of nitrogens with two attached hydrogens (primary N) is 1. The summed E-state index contributed by atoms with van der Waals surface area (Å²) in [6.07, 6.45) is 9.35. The minimum atomic E-state index is -0.334. The van der Waals surface area contributed by atoms with Crippen LogP contribution in [0.5, 0.6) is 0 Å². The Morgan fingerprint density at radius 1 is 1.38 bits per heavy atom. The predicted octanol–water partition coefficient (Wildman–Crippen LogP) is 1.98. The van der Waals surface area contributed by atoms with Crippen molar-refractivity contribution >= 4 is 11.3 Å². The molecule has 0 saturated heterocycles. The van der Waals surface area contributed by atoms with E-state index in [9.17, 15) is 5.26 Å². The van der Waals surface area contributed by atoms with Gasteiger partial charge in [0.05, 0.1) is 59.6 Å². The van der Waals surface area contributed by atoms with Crippen molar-refractivity contribution in [3.05, 3.63) is 36.9 Å². The lowest BCUT2D eigenvalue weighted by atomic mass is 9.72. The monoisotopic (exact) mass is 389 g/mol. The van der Waals surface area contributed by atoms with E-state index in [0.717, 1.165) is 29.6 Å². The lowest BCUT2D eigenvalue weighted by molar-refractivity contribution is -0.0542. The molecule has 4 heterocycles. The van der Waals surface area contributed by atoms with Crippen molar-refractivity contribution in [2.45, 2.75) is 30.9 Å². The van der Waals surface area contributed by atoms with Gasteiger partial charge in [-0.05, 0) is 18.9 Å². The van der Waals surface area contributed by atoms with E-state index in [1.54, 1.807) is 30.1 Å². The van der Waals surface area contributed by atoms with Crippen molar-refractivity contribution in [3.63, 3.8) is 0 Å². The Morgan fingerprint density at radius 2 is 2.24 bits per heavy atom. The van der Waals surface area contributed by atoms with Gasteiger partial charge < -0.3 is 10.5 Å². The summed E-state index contributed by atoms with van der Waals surface area (Å²) < 4.78 is 9.07. The molecule has 4 aromatic rings. The Bertz CT molecular complexity index is 1220. The summed E-state index contributed by atoms with van der Waals surface area (Å²) in [4.78, 5) is 4.81. The molecule has 0 aliphatic heterocycles. The van der Waals surface area contributed by atoms with Crippen molar-refractivity contribution < 1.29 is 4.74 Å². The van der Waals surface area contributed by atoms with Gasteiger partial charge in [0, 0.05) is 24.9 Å². The highest BCUT2D eigenvalue weighted by molar-refractivity contribution is 5.78. The van der Waals surface area contributed by atoms with Gasteiger partial charge in [0.25, 0.3) is 0 Å². The van der Waals surface area contributed by atoms with Crippen LogP contribution < -0.4 is 5.73 Å². The van der Waals surface area contributed by atoms with Gasteiger partial charge in [-0.2, -0.15) is 20.6 Å². The van der Waals surface area contributed by atoms with Gasteiger partial charge in [0.15, 0.2) is 0 Å². The minimum absolute atomic E-state index is 0.157. The molecule has 146 valence electrons. The molecule has 1 aliphatic carbocycles. The second-order valence-corrected chi connectivity index (χ2v) is 7.34. The van der Waals surface area contributed by atoms with Crippen LogP contribution in [0.4, 0.5) is 5.82 Å². The number of H-pyrrole nitrogens is 1. The van der Waals surface area contributed by atoms with Gasteiger partial charge in [-0.3, -0.25) is 9.78 Å². The van der Waals surface area contributed by atoms with E-state index in [1.165, 1.54) is 0 Å². The number of nitrogens with zero attached hydrogens (tertiary/aromatic N) is 7. The van der Waals surface area contributed by atoms with E-state index in [1.807, 2.05) is 23.1 Å². The number of nitriles is 1. The van der Waals surface area contributed by atoms with Crippen LogP contribution in [0, 0.1) is 11.3 Å². The molecule has 0 bridgehead atoms. The summed E-state index contributed by atoms with van der Waals surface area (Å²) in [6, 6.07) is 5.92. The van der Waals surface area contributed by atoms with Crippen LogP contribution in [0.15, 0.2) is 36.9 Å². The van der Waals surface area contributed by atoms with Gasteiger partial charge in [0.1, 0.15) is 11.5 Å². The summed E-state index contributed by atoms with van der Waals surface area (Å²) in [5.41, 5.74) is 9.23. The Hall–Kier alpha value is -3.71. The van der Waals surface area contributed by atoms with Gasteiger partial charge >= 0.3 is 0 Å². The number of ether oxygens (including phenoxy) is 1. The number of nitrogens with one attached hydrogen (secondary N) is 1. The molecule has 0 aromatic carbocycles. The highest BCUT2D eigenvalue weighted by Gasteiger charge is 2.47. The maximum absolute atomic E-state index is 9.31. The smallest absolute Gasteiger partial charge is 0.145 e. The van der Waals surface area contributed by atoms with Crippen molar-refractivity contribution in [2.24, 2.45) is 0 Å². The first-order valence-corrected chi connectivity index (χ1v) is 9.23. The summed E-state index contributed by atoms with van der Waals surface area (Å²) in [7, 11) is 1.70.